The largest absolute Gasteiger partial charge is 0.380 e. The van der Waals surface area contributed by atoms with Crippen molar-refractivity contribution in [3.05, 3.63) is 24.3 Å². The van der Waals surface area contributed by atoms with Gasteiger partial charge in [0, 0.05) is 18.6 Å². The first-order valence-corrected chi connectivity index (χ1v) is 8.43. The van der Waals surface area contributed by atoms with Crippen molar-refractivity contribution < 1.29 is 8.42 Å². The Kier molecular flexibility index (Phi) is 4.67. The van der Waals surface area contributed by atoms with Crippen molar-refractivity contribution in [2.24, 2.45) is 0 Å². The highest BCUT2D eigenvalue weighted by atomic mass is 32.2. The molecule has 1 aromatic carbocycles. The van der Waals surface area contributed by atoms with Crippen LogP contribution in [0.15, 0.2) is 29.2 Å². The van der Waals surface area contributed by atoms with Gasteiger partial charge in [-0.25, -0.2) is 13.1 Å². The number of benzene rings is 1. The van der Waals surface area contributed by atoms with Crippen LogP contribution in [0.25, 0.3) is 0 Å². The topological polar surface area (TPSA) is 61.4 Å². The molecular formula is C14H23N3O2S. The van der Waals surface area contributed by atoms with Crippen molar-refractivity contribution in [1.82, 2.24) is 9.62 Å². The minimum atomic E-state index is -3.47. The molecule has 0 radical (unpaired) electrons. The third-order valence-electron chi connectivity index (χ3n) is 3.32. The summed E-state index contributed by atoms with van der Waals surface area (Å²) in [5.74, 6) is 0. The van der Waals surface area contributed by atoms with Gasteiger partial charge in [-0.15, -0.1) is 0 Å². The number of hydrogen-bond acceptors (Lipinski definition) is 4. The SMILES string of the molecule is CC(C)NS(=O)(=O)c1ccccc1NC1CCN(C)C1. The molecule has 0 spiro atoms. The molecule has 2 N–H and O–H groups in total. The fraction of sp³-hybridized carbons (Fsp3) is 0.571. The van der Waals surface area contributed by atoms with Gasteiger partial charge in [0.25, 0.3) is 0 Å². The summed E-state index contributed by atoms with van der Waals surface area (Å²) in [5.41, 5.74) is 0.681. The standard InChI is InChI=1S/C14H23N3O2S/c1-11(2)16-20(18,19)14-7-5-4-6-13(14)15-12-8-9-17(3)10-12/h4-7,11-12,15-16H,8-10H2,1-3H3. The summed E-state index contributed by atoms with van der Waals surface area (Å²) in [4.78, 5) is 2.56. The number of para-hydroxylation sites is 1. The van der Waals surface area contributed by atoms with Gasteiger partial charge in [-0.05, 0) is 46.0 Å². The molecule has 1 aliphatic rings. The highest BCUT2D eigenvalue weighted by Crippen LogP contribution is 2.23. The first-order chi connectivity index (χ1) is 9.38. The van der Waals surface area contributed by atoms with E-state index in [0.29, 0.717) is 16.6 Å². The Bertz CT molecular complexity index is 557. The van der Waals surface area contributed by atoms with Crippen LogP contribution in [0.4, 0.5) is 5.69 Å². The molecule has 0 saturated carbocycles. The summed E-state index contributed by atoms with van der Waals surface area (Å²) < 4.78 is 27.3. The summed E-state index contributed by atoms with van der Waals surface area (Å²) >= 11 is 0. The number of likely N-dealkylation sites (N-methyl/N-ethyl adjacent to an activating group) is 1. The Morgan fingerprint density at radius 3 is 2.60 bits per heavy atom. The molecule has 0 amide bonds. The van der Waals surface area contributed by atoms with Crippen molar-refractivity contribution in [2.75, 3.05) is 25.5 Å². The third-order valence-corrected chi connectivity index (χ3v) is 5.04. The predicted molar refractivity (Wildman–Crippen MR) is 81.4 cm³/mol. The van der Waals surface area contributed by atoms with Crippen LogP contribution in [0, 0.1) is 0 Å². The van der Waals surface area contributed by atoms with Crippen LogP contribution in [0.1, 0.15) is 20.3 Å². The van der Waals surface area contributed by atoms with Gasteiger partial charge in [-0.1, -0.05) is 12.1 Å². The molecule has 0 aromatic heterocycles. The first-order valence-electron chi connectivity index (χ1n) is 6.95. The van der Waals surface area contributed by atoms with Gasteiger partial charge in [-0.3, -0.25) is 0 Å². The molecule has 1 fully saturated rings. The number of rotatable bonds is 5. The van der Waals surface area contributed by atoms with Crippen molar-refractivity contribution in [1.29, 1.82) is 0 Å². The highest BCUT2D eigenvalue weighted by molar-refractivity contribution is 7.89. The van der Waals surface area contributed by atoms with E-state index in [1.807, 2.05) is 26.0 Å². The van der Waals surface area contributed by atoms with Crippen LogP contribution in [0.3, 0.4) is 0 Å². The molecule has 0 bridgehead atoms. The Morgan fingerprint density at radius 2 is 2.00 bits per heavy atom. The van der Waals surface area contributed by atoms with E-state index in [-0.39, 0.29) is 6.04 Å². The second kappa shape index (κ2) is 6.11. The summed E-state index contributed by atoms with van der Waals surface area (Å²) in [6, 6.07) is 7.26. The van der Waals surface area contributed by atoms with Gasteiger partial charge in [0.05, 0.1) is 5.69 Å². The summed E-state index contributed by atoms with van der Waals surface area (Å²) in [5, 5.41) is 3.36. The smallest absolute Gasteiger partial charge is 0.242 e. The molecule has 1 heterocycles. The van der Waals surface area contributed by atoms with E-state index in [0.717, 1.165) is 19.5 Å². The minimum Gasteiger partial charge on any atom is -0.380 e. The van der Waals surface area contributed by atoms with Crippen LogP contribution in [0.5, 0.6) is 0 Å². The molecule has 1 aromatic rings. The molecule has 1 aliphatic heterocycles. The zero-order valence-corrected chi connectivity index (χ0v) is 13.1. The van der Waals surface area contributed by atoms with Crippen molar-refractivity contribution in [3.63, 3.8) is 0 Å². The summed E-state index contributed by atoms with van der Waals surface area (Å²) in [6.45, 7) is 5.61. The van der Waals surface area contributed by atoms with Gasteiger partial charge in [0.2, 0.25) is 10.0 Å². The lowest BCUT2D eigenvalue weighted by atomic mass is 10.2. The molecule has 6 heteroatoms. The number of likely N-dealkylation sites (tertiary alicyclic amines) is 1. The maximum atomic E-state index is 12.3. The van der Waals surface area contributed by atoms with E-state index >= 15 is 0 Å². The van der Waals surface area contributed by atoms with Gasteiger partial charge in [0.1, 0.15) is 4.90 Å². The van der Waals surface area contributed by atoms with Crippen molar-refractivity contribution >= 4 is 15.7 Å². The van der Waals surface area contributed by atoms with Crippen molar-refractivity contribution in [2.45, 2.75) is 37.2 Å². The Labute approximate surface area is 121 Å². The molecule has 0 aliphatic carbocycles. The van der Waals surface area contributed by atoms with Crippen molar-refractivity contribution in [3.8, 4) is 0 Å². The van der Waals surface area contributed by atoms with E-state index in [1.165, 1.54) is 0 Å². The van der Waals surface area contributed by atoms with Gasteiger partial charge in [0.15, 0.2) is 0 Å². The zero-order valence-electron chi connectivity index (χ0n) is 12.3. The van der Waals surface area contributed by atoms with Crippen LogP contribution in [0.2, 0.25) is 0 Å². The number of anilines is 1. The molecule has 1 atom stereocenters. The lowest BCUT2D eigenvalue weighted by Crippen LogP contribution is -2.31. The van der Waals surface area contributed by atoms with Crippen LogP contribution >= 0.6 is 0 Å². The Balaban J connectivity index is 2.22. The zero-order chi connectivity index (χ0) is 14.8. The molecule has 112 valence electrons. The normalized spacial score (nSPS) is 20.5. The molecular weight excluding hydrogens is 274 g/mol. The molecule has 5 nitrogen and oxygen atoms in total. The molecule has 20 heavy (non-hydrogen) atoms. The average Bonchev–Trinajstić information content (AvgIpc) is 2.73. The van der Waals surface area contributed by atoms with Crippen LogP contribution in [-0.2, 0) is 10.0 Å². The van der Waals surface area contributed by atoms with E-state index in [1.54, 1.807) is 12.1 Å². The minimum absolute atomic E-state index is 0.120. The van der Waals surface area contributed by atoms with E-state index < -0.39 is 10.0 Å². The van der Waals surface area contributed by atoms with Gasteiger partial charge in [-0.2, -0.15) is 0 Å². The molecule has 1 unspecified atom stereocenters. The quantitative estimate of drug-likeness (QED) is 0.864. The maximum Gasteiger partial charge on any atom is 0.242 e. The Hall–Kier alpha value is -1.11. The fourth-order valence-corrected chi connectivity index (χ4v) is 3.89. The third kappa shape index (κ3) is 3.71. The van der Waals surface area contributed by atoms with Crippen LogP contribution < -0.4 is 10.0 Å². The lowest BCUT2D eigenvalue weighted by Gasteiger charge is -2.18. The summed E-state index contributed by atoms with van der Waals surface area (Å²) in [6.07, 6.45) is 1.03. The van der Waals surface area contributed by atoms with E-state index in [2.05, 4.69) is 22.0 Å². The van der Waals surface area contributed by atoms with Gasteiger partial charge < -0.3 is 10.2 Å². The lowest BCUT2D eigenvalue weighted by molar-refractivity contribution is 0.414. The second-order valence-electron chi connectivity index (χ2n) is 5.66. The molecule has 2 rings (SSSR count). The number of nitrogens with zero attached hydrogens (tertiary/aromatic N) is 1. The van der Waals surface area contributed by atoms with E-state index in [9.17, 15) is 8.42 Å². The van der Waals surface area contributed by atoms with E-state index in [4.69, 9.17) is 0 Å². The average molecular weight is 297 g/mol. The number of hydrogen-bond donors (Lipinski definition) is 2. The maximum absolute atomic E-state index is 12.3. The Morgan fingerprint density at radius 1 is 1.30 bits per heavy atom. The first kappa shape index (κ1) is 15.3. The fourth-order valence-electron chi connectivity index (χ4n) is 2.47. The monoisotopic (exact) mass is 297 g/mol. The van der Waals surface area contributed by atoms with Gasteiger partial charge >= 0.3 is 0 Å². The summed E-state index contributed by atoms with van der Waals surface area (Å²) in [7, 11) is -1.40. The number of nitrogens with one attached hydrogen (secondary N) is 2. The second-order valence-corrected chi connectivity index (χ2v) is 7.35. The predicted octanol–water partition coefficient (Wildman–Crippen LogP) is 1.49. The highest BCUT2D eigenvalue weighted by Gasteiger charge is 2.23. The number of sulfonamides is 1. The molecule has 1 saturated heterocycles. The van der Waals surface area contributed by atoms with Crippen LogP contribution in [-0.4, -0.2) is 45.5 Å².